The summed E-state index contributed by atoms with van der Waals surface area (Å²) in [6.07, 6.45) is 1.45. The molecule has 1 saturated heterocycles. The Morgan fingerprint density at radius 3 is 2.21 bits per heavy atom. The highest BCUT2D eigenvalue weighted by Crippen LogP contribution is 2.41. The first kappa shape index (κ1) is 12.2. The molecule has 3 heteroatoms. The van der Waals surface area contributed by atoms with Crippen LogP contribution in [-0.2, 0) is 9.47 Å². The van der Waals surface area contributed by atoms with Crippen LogP contribution in [0.3, 0.4) is 0 Å². The molecule has 0 radical (unpaired) electrons. The average molecular weight is 216 g/mol. The van der Waals surface area contributed by atoms with Gasteiger partial charge in [0.05, 0.1) is 6.10 Å². The fourth-order valence-electron chi connectivity index (χ4n) is 2.46. The Kier molecular flexibility index (Phi) is 3.78. The quantitative estimate of drug-likeness (QED) is 0.660. The highest BCUT2D eigenvalue weighted by Gasteiger charge is 2.40. The zero-order valence-electron chi connectivity index (χ0n) is 10.3. The van der Waals surface area contributed by atoms with E-state index >= 15 is 0 Å². The Morgan fingerprint density at radius 2 is 1.79 bits per heavy atom. The van der Waals surface area contributed by atoms with Gasteiger partial charge in [0.2, 0.25) is 0 Å². The predicted octanol–water partition coefficient (Wildman–Crippen LogP) is 3.11. The van der Waals surface area contributed by atoms with Crippen LogP contribution in [0.2, 0.25) is 25.2 Å². The predicted molar refractivity (Wildman–Crippen MR) is 62.2 cm³/mol. The van der Waals surface area contributed by atoms with Gasteiger partial charge in [0.15, 0.2) is 6.29 Å². The van der Waals surface area contributed by atoms with Gasteiger partial charge in [-0.15, -0.1) is 0 Å². The van der Waals surface area contributed by atoms with E-state index in [0.717, 1.165) is 12.0 Å². The van der Waals surface area contributed by atoms with Crippen molar-refractivity contribution in [3.05, 3.63) is 0 Å². The molecule has 1 rings (SSSR count). The van der Waals surface area contributed by atoms with Crippen molar-refractivity contribution >= 4 is 8.07 Å². The van der Waals surface area contributed by atoms with Crippen molar-refractivity contribution in [2.45, 2.75) is 57.8 Å². The van der Waals surface area contributed by atoms with E-state index in [1.54, 1.807) is 7.11 Å². The maximum atomic E-state index is 5.77. The van der Waals surface area contributed by atoms with Crippen molar-refractivity contribution < 1.29 is 9.47 Å². The monoisotopic (exact) mass is 216 g/mol. The van der Waals surface area contributed by atoms with Crippen molar-refractivity contribution in [3.8, 4) is 0 Å². The normalized spacial score (nSPS) is 39.9. The van der Waals surface area contributed by atoms with Crippen molar-refractivity contribution in [2.24, 2.45) is 5.92 Å². The standard InChI is InChI=1S/C11H24O2Si/c1-8-9(2)13-11(12-3)7-10(8)14(4,5)6/h8-11H,7H2,1-6H3/t8-,9+,10+,11?/m0/s1. The van der Waals surface area contributed by atoms with Crippen LogP contribution in [0, 0.1) is 5.92 Å². The molecule has 0 aromatic rings. The molecule has 84 valence electrons. The van der Waals surface area contributed by atoms with Crippen molar-refractivity contribution in [1.82, 2.24) is 0 Å². The van der Waals surface area contributed by atoms with Gasteiger partial charge >= 0.3 is 0 Å². The third kappa shape index (κ3) is 2.58. The first-order chi connectivity index (χ1) is 6.36. The lowest BCUT2D eigenvalue weighted by Gasteiger charge is -2.43. The summed E-state index contributed by atoms with van der Waals surface area (Å²) in [6.45, 7) is 11.8. The van der Waals surface area contributed by atoms with Crippen molar-refractivity contribution in [2.75, 3.05) is 7.11 Å². The van der Waals surface area contributed by atoms with Gasteiger partial charge in [-0.2, -0.15) is 0 Å². The largest absolute Gasteiger partial charge is 0.356 e. The minimum atomic E-state index is -1.08. The molecule has 1 aliphatic heterocycles. The lowest BCUT2D eigenvalue weighted by atomic mass is 9.96. The summed E-state index contributed by atoms with van der Waals surface area (Å²) in [6, 6.07) is 0. The third-order valence-corrected chi connectivity index (χ3v) is 6.55. The van der Waals surface area contributed by atoms with E-state index in [0.29, 0.717) is 12.0 Å². The Labute approximate surface area is 89.0 Å². The van der Waals surface area contributed by atoms with E-state index in [1.807, 2.05) is 0 Å². The van der Waals surface area contributed by atoms with Gasteiger partial charge < -0.3 is 9.47 Å². The smallest absolute Gasteiger partial charge is 0.157 e. The van der Waals surface area contributed by atoms with Crippen LogP contribution in [0.4, 0.5) is 0 Å². The molecule has 0 spiro atoms. The molecule has 0 bridgehead atoms. The van der Waals surface area contributed by atoms with Gasteiger partial charge in [-0.1, -0.05) is 26.6 Å². The van der Waals surface area contributed by atoms with E-state index in [9.17, 15) is 0 Å². The molecule has 1 fully saturated rings. The molecule has 0 aliphatic carbocycles. The van der Waals surface area contributed by atoms with Crippen molar-refractivity contribution in [3.63, 3.8) is 0 Å². The molecule has 4 atom stereocenters. The van der Waals surface area contributed by atoms with E-state index < -0.39 is 8.07 Å². The van der Waals surface area contributed by atoms with Crippen LogP contribution < -0.4 is 0 Å². The lowest BCUT2D eigenvalue weighted by Crippen LogP contribution is -2.45. The molecule has 0 N–H and O–H groups in total. The summed E-state index contributed by atoms with van der Waals surface area (Å²) in [7, 11) is 0.665. The minimum absolute atomic E-state index is 0.0259. The SMILES string of the molecule is COC1C[C@@H]([Si](C)(C)C)[C@@H](C)[C@@H](C)O1. The van der Waals surface area contributed by atoms with E-state index in [1.165, 1.54) is 0 Å². The lowest BCUT2D eigenvalue weighted by molar-refractivity contribution is -0.190. The number of methoxy groups -OCH3 is 1. The summed E-state index contributed by atoms with van der Waals surface area (Å²) in [5.74, 6) is 0.674. The zero-order valence-corrected chi connectivity index (χ0v) is 11.3. The van der Waals surface area contributed by atoms with Gasteiger partial charge in [-0.3, -0.25) is 0 Å². The fourth-order valence-corrected chi connectivity index (χ4v) is 5.21. The first-order valence-corrected chi connectivity index (χ1v) is 9.12. The number of rotatable bonds is 2. The molecule has 0 aromatic heterocycles. The summed E-state index contributed by atoms with van der Waals surface area (Å²) in [5.41, 5.74) is 0.816. The molecular weight excluding hydrogens is 192 g/mol. The summed E-state index contributed by atoms with van der Waals surface area (Å²) < 4.78 is 11.1. The van der Waals surface area contributed by atoms with Crippen LogP contribution in [0.25, 0.3) is 0 Å². The van der Waals surface area contributed by atoms with Gasteiger partial charge in [-0.05, 0) is 24.8 Å². The fraction of sp³-hybridized carbons (Fsp3) is 1.00. The minimum Gasteiger partial charge on any atom is -0.356 e. The Bertz CT molecular complexity index is 188. The van der Waals surface area contributed by atoms with Crippen LogP contribution in [-0.4, -0.2) is 27.6 Å². The molecule has 0 saturated carbocycles. The maximum Gasteiger partial charge on any atom is 0.157 e. The summed E-state index contributed by atoms with van der Waals surface area (Å²) >= 11 is 0. The first-order valence-electron chi connectivity index (χ1n) is 5.54. The molecule has 1 unspecified atom stereocenters. The van der Waals surface area contributed by atoms with E-state index in [2.05, 4.69) is 33.5 Å². The van der Waals surface area contributed by atoms with Gasteiger partial charge in [0.25, 0.3) is 0 Å². The molecule has 14 heavy (non-hydrogen) atoms. The second-order valence-corrected chi connectivity index (χ2v) is 11.0. The van der Waals surface area contributed by atoms with E-state index in [-0.39, 0.29) is 6.29 Å². The van der Waals surface area contributed by atoms with Gasteiger partial charge in [0.1, 0.15) is 0 Å². The molecule has 0 aromatic carbocycles. The van der Waals surface area contributed by atoms with Crippen LogP contribution in [0.1, 0.15) is 20.3 Å². The van der Waals surface area contributed by atoms with Crippen LogP contribution >= 0.6 is 0 Å². The maximum absolute atomic E-state index is 5.77. The number of hydrogen-bond acceptors (Lipinski definition) is 2. The zero-order chi connectivity index (χ0) is 10.9. The van der Waals surface area contributed by atoms with Crippen LogP contribution in [0.5, 0.6) is 0 Å². The number of hydrogen-bond donors (Lipinski definition) is 0. The number of ether oxygens (including phenoxy) is 2. The van der Waals surface area contributed by atoms with Crippen LogP contribution in [0.15, 0.2) is 0 Å². The summed E-state index contributed by atoms with van der Waals surface area (Å²) in [4.78, 5) is 0. The van der Waals surface area contributed by atoms with Gasteiger partial charge in [-0.25, -0.2) is 0 Å². The molecule has 1 heterocycles. The highest BCUT2D eigenvalue weighted by atomic mass is 28.3. The molecular formula is C11H24O2Si. The topological polar surface area (TPSA) is 18.5 Å². The molecule has 0 amide bonds. The Balaban J connectivity index is 2.73. The second-order valence-electron chi connectivity index (χ2n) is 5.57. The Hall–Kier alpha value is 0.137. The van der Waals surface area contributed by atoms with E-state index in [4.69, 9.17) is 9.47 Å². The molecule has 2 nitrogen and oxygen atoms in total. The third-order valence-electron chi connectivity index (χ3n) is 3.56. The van der Waals surface area contributed by atoms with Crippen molar-refractivity contribution in [1.29, 1.82) is 0 Å². The highest BCUT2D eigenvalue weighted by molar-refractivity contribution is 6.77. The summed E-state index contributed by atoms with van der Waals surface area (Å²) in [5, 5.41) is 0. The average Bonchev–Trinajstić information content (AvgIpc) is 2.07. The Morgan fingerprint density at radius 1 is 1.21 bits per heavy atom. The molecule has 1 aliphatic rings. The second kappa shape index (κ2) is 4.33. The van der Waals surface area contributed by atoms with Gasteiger partial charge in [0, 0.05) is 15.2 Å².